The summed E-state index contributed by atoms with van der Waals surface area (Å²) >= 11 is 0. The van der Waals surface area contributed by atoms with Crippen molar-refractivity contribution in [2.24, 2.45) is 0 Å². The van der Waals surface area contributed by atoms with Crippen LogP contribution < -0.4 is 0 Å². The number of aliphatic hydroxyl groups excluding tert-OH is 1. The molecule has 1 aliphatic carbocycles. The number of hydrogen-bond donors (Lipinski definition) is 1. The van der Waals surface area contributed by atoms with Crippen LogP contribution in [0.25, 0.3) is 0 Å². The van der Waals surface area contributed by atoms with Gasteiger partial charge in [-0.1, -0.05) is 24.3 Å². The van der Waals surface area contributed by atoms with Crippen molar-refractivity contribution < 1.29 is 5.11 Å². The van der Waals surface area contributed by atoms with E-state index in [1.807, 2.05) is 12.1 Å². The van der Waals surface area contributed by atoms with Crippen molar-refractivity contribution >= 4 is 0 Å². The van der Waals surface area contributed by atoms with Gasteiger partial charge in [0.15, 0.2) is 0 Å². The van der Waals surface area contributed by atoms with Crippen LogP contribution in [-0.4, -0.2) is 11.7 Å². The molecule has 57 valence electrons. The van der Waals surface area contributed by atoms with Crippen molar-refractivity contribution in [3.05, 3.63) is 41.8 Å². The molecule has 0 saturated carbocycles. The molecule has 11 heavy (non-hydrogen) atoms. The first-order valence-electron chi connectivity index (χ1n) is 3.95. The van der Waals surface area contributed by atoms with Gasteiger partial charge in [0, 0.05) is 12.5 Å². The summed E-state index contributed by atoms with van der Waals surface area (Å²) in [5, 5.41) is 8.99. The topological polar surface area (TPSA) is 20.2 Å². The SMILES string of the molecule is OCC1C[CH]c2ccccc21. The van der Waals surface area contributed by atoms with Crippen LogP contribution in [0.2, 0.25) is 0 Å². The van der Waals surface area contributed by atoms with Crippen LogP contribution in [0.1, 0.15) is 23.5 Å². The largest absolute Gasteiger partial charge is 0.396 e. The van der Waals surface area contributed by atoms with Crippen LogP contribution in [0, 0.1) is 6.42 Å². The lowest BCUT2D eigenvalue weighted by Gasteiger charge is -2.05. The van der Waals surface area contributed by atoms with Crippen molar-refractivity contribution in [1.82, 2.24) is 0 Å². The Labute approximate surface area is 66.7 Å². The Kier molecular flexibility index (Phi) is 1.66. The monoisotopic (exact) mass is 147 g/mol. The molecule has 1 nitrogen and oxygen atoms in total. The molecule has 1 aromatic carbocycles. The zero-order valence-electron chi connectivity index (χ0n) is 6.33. The minimum Gasteiger partial charge on any atom is -0.396 e. The third kappa shape index (κ3) is 1.05. The third-order valence-electron chi connectivity index (χ3n) is 2.28. The van der Waals surface area contributed by atoms with Gasteiger partial charge in [-0.3, -0.25) is 0 Å². The number of rotatable bonds is 1. The summed E-state index contributed by atoms with van der Waals surface area (Å²) in [6.45, 7) is 0.271. The van der Waals surface area contributed by atoms with Crippen molar-refractivity contribution in [3.8, 4) is 0 Å². The highest BCUT2D eigenvalue weighted by Gasteiger charge is 2.20. The zero-order chi connectivity index (χ0) is 7.68. The quantitative estimate of drug-likeness (QED) is 0.641. The zero-order valence-corrected chi connectivity index (χ0v) is 6.33. The molecule has 0 bridgehead atoms. The van der Waals surface area contributed by atoms with Gasteiger partial charge < -0.3 is 5.11 Å². The minimum atomic E-state index is 0.271. The van der Waals surface area contributed by atoms with E-state index in [9.17, 15) is 0 Å². The maximum atomic E-state index is 8.99. The molecule has 0 spiro atoms. The van der Waals surface area contributed by atoms with Gasteiger partial charge >= 0.3 is 0 Å². The van der Waals surface area contributed by atoms with Gasteiger partial charge in [-0.15, -0.1) is 0 Å². The van der Waals surface area contributed by atoms with Crippen LogP contribution in [0.4, 0.5) is 0 Å². The van der Waals surface area contributed by atoms with Gasteiger partial charge in [-0.2, -0.15) is 0 Å². The first-order valence-corrected chi connectivity index (χ1v) is 3.95. The Morgan fingerprint density at radius 2 is 2.18 bits per heavy atom. The Morgan fingerprint density at radius 3 is 3.00 bits per heavy atom. The smallest absolute Gasteiger partial charge is 0.0500 e. The molecule has 0 heterocycles. The van der Waals surface area contributed by atoms with Crippen molar-refractivity contribution in [3.63, 3.8) is 0 Å². The van der Waals surface area contributed by atoms with E-state index in [0.29, 0.717) is 5.92 Å². The summed E-state index contributed by atoms with van der Waals surface area (Å²) < 4.78 is 0. The second-order valence-corrected chi connectivity index (χ2v) is 2.95. The molecule has 0 fully saturated rings. The molecule has 1 unspecified atom stereocenters. The van der Waals surface area contributed by atoms with E-state index in [2.05, 4.69) is 18.6 Å². The fourth-order valence-electron chi connectivity index (χ4n) is 1.64. The highest BCUT2D eigenvalue weighted by molar-refractivity contribution is 5.40. The van der Waals surface area contributed by atoms with E-state index in [-0.39, 0.29) is 6.61 Å². The molecule has 2 rings (SSSR count). The standard InChI is InChI=1S/C10H11O/c11-7-9-6-5-8-3-1-2-4-10(8)9/h1-5,9,11H,6-7H2. The van der Waals surface area contributed by atoms with E-state index in [0.717, 1.165) is 6.42 Å². The van der Waals surface area contributed by atoms with Gasteiger partial charge in [0.1, 0.15) is 0 Å². The van der Waals surface area contributed by atoms with Gasteiger partial charge in [-0.05, 0) is 24.0 Å². The number of aliphatic hydroxyl groups is 1. The van der Waals surface area contributed by atoms with Gasteiger partial charge in [0.2, 0.25) is 0 Å². The second kappa shape index (κ2) is 2.67. The number of hydrogen-bond acceptors (Lipinski definition) is 1. The van der Waals surface area contributed by atoms with Gasteiger partial charge in [0.25, 0.3) is 0 Å². The fourth-order valence-corrected chi connectivity index (χ4v) is 1.64. The van der Waals surface area contributed by atoms with E-state index in [4.69, 9.17) is 5.11 Å². The Bertz CT molecular complexity index is 255. The molecule has 1 aliphatic rings. The predicted molar refractivity (Wildman–Crippen MR) is 44.3 cm³/mol. The van der Waals surface area contributed by atoms with E-state index in [1.165, 1.54) is 11.1 Å². The van der Waals surface area contributed by atoms with Crippen molar-refractivity contribution in [1.29, 1.82) is 0 Å². The van der Waals surface area contributed by atoms with Crippen molar-refractivity contribution in [2.45, 2.75) is 12.3 Å². The van der Waals surface area contributed by atoms with E-state index in [1.54, 1.807) is 0 Å². The average Bonchev–Trinajstić information content (AvgIpc) is 2.47. The molecule has 1 radical (unpaired) electrons. The van der Waals surface area contributed by atoms with Crippen molar-refractivity contribution in [2.75, 3.05) is 6.61 Å². The molecule has 1 atom stereocenters. The number of fused-ring (bicyclic) bond motifs is 1. The molecule has 0 amide bonds. The minimum absolute atomic E-state index is 0.271. The summed E-state index contributed by atoms with van der Waals surface area (Å²) in [6, 6.07) is 8.26. The Morgan fingerprint density at radius 1 is 1.36 bits per heavy atom. The summed E-state index contributed by atoms with van der Waals surface area (Å²) in [4.78, 5) is 0. The van der Waals surface area contributed by atoms with E-state index >= 15 is 0 Å². The predicted octanol–water partition coefficient (Wildman–Crippen LogP) is 1.72. The van der Waals surface area contributed by atoms with Crippen LogP contribution >= 0.6 is 0 Å². The Hall–Kier alpha value is -0.820. The molecule has 1 N–H and O–H groups in total. The average molecular weight is 147 g/mol. The van der Waals surface area contributed by atoms with Crippen LogP contribution in [0.3, 0.4) is 0 Å². The van der Waals surface area contributed by atoms with Gasteiger partial charge in [0.05, 0.1) is 0 Å². The summed E-state index contributed by atoms with van der Waals surface area (Å²) in [5.74, 6) is 0.353. The lowest BCUT2D eigenvalue weighted by Crippen LogP contribution is -1.97. The first kappa shape index (κ1) is 6.86. The summed E-state index contributed by atoms with van der Waals surface area (Å²) in [7, 11) is 0. The highest BCUT2D eigenvalue weighted by atomic mass is 16.3. The fraction of sp³-hybridized carbons (Fsp3) is 0.300. The lowest BCUT2D eigenvalue weighted by atomic mass is 10.0. The van der Waals surface area contributed by atoms with E-state index < -0.39 is 0 Å². The molecule has 0 aliphatic heterocycles. The molecule has 1 aromatic rings. The molecular weight excluding hydrogens is 136 g/mol. The second-order valence-electron chi connectivity index (χ2n) is 2.95. The third-order valence-corrected chi connectivity index (χ3v) is 2.28. The molecule has 1 heteroatoms. The molecular formula is C10H11O. The van der Waals surface area contributed by atoms with Crippen LogP contribution in [0.15, 0.2) is 24.3 Å². The maximum Gasteiger partial charge on any atom is 0.0500 e. The van der Waals surface area contributed by atoms with Crippen LogP contribution in [-0.2, 0) is 0 Å². The number of benzene rings is 1. The van der Waals surface area contributed by atoms with Gasteiger partial charge in [-0.25, -0.2) is 0 Å². The maximum absolute atomic E-state index is 8.99. The Balaban J connectivity index is 2.39. The molecule has 0 aromatic heterocycles. The van der Waals surface area contributed by atoms with Crippen LogP contribution in [0.5, 0.6) is 0 Å². The molecule has 0 saturated heterocycles. The first-order chi connectivity index (χ1) is 5.42. The lowest BCUT2D eigenvalue weighted by molar-refractivity contribution is 0.268. The normalized spacial score (nSPS) is 21.7. The summed E-state index contributed by atoms with van der Waals surface area (Å²) in [5.41, 5.74) is 2.60. The highest BCUT2D eigenvalue weighted by Crippen LogP contribution is 2.33. The summed E-state index contributed by atoms with van der Waals surface area (Å²) in [6.07, 6.45) is 3.19.